The monoisotopic (exact) mass is 340 g/mol. The minimum Gasteiger partial charge on any atom is -0.452 e. The molecule has 0 unspecified atom stereocenters. The van der Waals surface area contributed by atoms with Crippen LogP contribution in [-0.4, -0.2) is 17.9 Å². The molecule has 0 aliphatic carbocycles. The number of anilines is 1. The number of amides is 1. The van der Waals surface area contributed by atoms with Gasteiger partial charge in [0.1, 0.15) is 11.6 Å². The molecule has 4 nitrogen and oxygen atoms in total. The third-order valence-corrected chi connectivity index (χ3v) is 3.30. The summed E-state index contributed by atoms with van der Waals surface area (Å²) in [6.45, 7) is 1.82. The number of carbonyl (C=O) groups is 1. The first-order valence-electron chi connectivity index (χ1n) is 5.93. The second-order valence-electron chi connectivity index (χ2n) is 4.57. The summed E-state index contributed by atoms with van der Waals surface area (Å²) in [6, 6.07) is 6.32. The van der Waals surface area contributed by atoms with Crippen molar-refractivity contribution in [1.82, 2.24) is 4.90 Å². The number of nitrogen functional groups attached to an aromatic ring is 1. The molecule has 0 aliphatic rings. The molecule has 2 rings (SSSR count). The molecule has 0 aliphatic heterocycles. The quantitative estimate of drug-likeness (QED) is 0.871. The summed E-state index contributed by atoms with van der Waals surface area (Å²) in [5.74, 6) is -0.379. The summed E-state index contributed by atoms with van der Waals surface area (Å²) >= 11 is 3.19. The topological polar surface area (TPSA) is 59.5 Å². The molecule has 6 heteroatoms. The summed E-state index contributed by atoms with van der Waals surface area (Å²) in [4.78, 5) is 13.6. The van der Waals surface area contributed by atoms with E-state index in [0.717, 1.165) is 0 Å². The number of nitrogens with zero attached hydrogens (tertiary/aromatic N) is 1. The van der Waals surface area contributed by atoms with Gasteiger partial charge in [0.25, 0.3) is 5.91 Å². The van der Waals surface area contributed by atoms with Crippen LogP contribution in [0.25, 0.3) is 0 Å². The Balaban J connectivity index is 2.22. The number of nitrogens with two attached hydrogens (primary N) is 1. The Morgan fingerprint density at radius 3 is 2.75 bits per heavy atom. The lowest BCUT2D eigenvalue weighted by Crippen LogP contribution is -2.27. The van der Waals surface area contributed by atoms with Gasteiger partial charge in [0.05, 0.1) is 12.1 Å². The van der Waals surface area contributed by atoms with E-state index >= 15 is 0 Å². The number of benzene rings is 1. The van der Waals surface area contributed by atoms with Crippen molar-refractivity contribution >= 4 is 27.5 Å². The van der Waals surface area contributed by atoms with Crippen molar-refractivity contribution in [3.8, 4) is 0 Å². The Hall–Kier alpha value is -1.82. The van der Waals surface area contributed by atoms with Crippen molar-refractivity contribution in [2.24, 2.45) is 0 Å². The summed E-state index contributed by atoms with van der Waals surface area (Å²) in [6.07, 6.45) is 0. The molecule has 20 heavy (non-hydrogen) atoms. The lowest BCUT2D eigenvalue weighted by atomic mass is 10.1. The Labute approximate surface area is 124 Å². The highest BCUT2D eigenvalue weighted by molar-refractivity contribution is 9.10. The van der Waals surface area contributed by atoms with Gasteiger partial charge in [-0.1, -0.05) is 0 Å². The summed E-state index contributed by atoms with van der Waals surface area (Å²) < 4.78 is 19.9. The van der Waals surface area contributed by atoms with Crippen LogP contribution < -0.4 is 5.73 Å². The smallest absolute Gasteiger partial charge is 0.257 e. The molecule has 2 aromatic rings. The van der Waals surface area contributed by atoms with E-state index in [0.29, 0.717) is 21.7 Å². The number of hydrogen-bond acceptors (Lipinski definition) is 3. The Kier molecular flexibility index (Phi) is 4.13. The van der Waals surface area contributed by atoms with E-state index in [1.54, 1.807) is 26.1 Å². The van der Waals surface area contributed by atoms with Crippen LogP contribution in [0.5, 0.6) is 0 Å². The van der Waals surface area contributed by atoms with Crippen LogP contribution >= 0.6 is 15.9 Å². The first kappa shape index (κ1) is 14.6. The predicted octanol–water partition coefficient (Wildman–Crippen LogP) is 3.34. The number of halogens is 2. The van der Waals surface area contributed by atoms with E-state index in [-0.39, 0.29) is 12.1 Å². The van der Waals surface area contributed by atoms with Crippen LogP contribution in [0.1, 0.15) is 21.7 Å². The minimum atomic E-state index is -0.545. The fourth-order valence-corrected chi connectivity index (χ4v) is 2.24. The van der Waals surface area contributed by atoms with Gasteiger partial charge in [0.15, 0.2) is 4.67 Å². The third-order valence-electron chi connectivity index (χ3n) is 2.88. The second kappa shape index (κ2) is 5.66. The minimum absolute atomic E-state index is 0.0318. The summed E-state index contributed by atoms with van der Waals surface area (Å²) in [7, 11) is 1.58. The number of aryl methyl sites for hydroxylation is 1. The molecule has 1 heterocycles. The molecule has 0 atom stereocenters. The molecule has 1 aromatic carbocycles. The van der Waals surface area contributed by atoms with Crippen LogP contribution in [0.2, 0.25) is 0 Å². The Morgan fingerprint density at radius 2 is 2.15 bits per heavy atom. The van der Waals surface area contributed by atoms with Gasteiger partial charge >= 0.3 is 0 Å². The molecular formula is C14H14BrFN2O2. The van der Waals surface area contributed by atoms with Crippen molar-refractivity contribution in [2.45, 2.75) is 13.5 Å². The van der Waals surface area contributed by atoms with E-state index < -0.39 is 11.7 Å². The normalized spacial score (nSPS) is 10.6. The molecule has 0 saturated heterocycles. The van der Waals surface area contributed by atoms with Gasteiger partial charge < -0.3 is 15.1 Å². The molecule has 1 amide bonds. The fourth-order valence-electron chi connectivity index (χ4n) is 1.90. The lowest BCUT2D eigenvalue weighted by molar-refractivity contribution is 0.0770. The predicted molar refractivity (Wildman–Crippen MR) is 77.8 cm³/mol. The molecule has 0 bridgehead atoms. The first-order valence-corrected chi connectivity index (χ1v) is 6.73. The molecule has 0 fully saturated rings. The average molecular weight is 341 g/mol. The SMILES string of the molecule is Cc1cc(N)cc(C(=O)N(C)Cc2ccc(Br)o2)c1F. The van der Waals surface area contributed by atoms with E-state index in [4.69, 9.17) is 10.2 Å². The maximum Gasteiger partial charge on any atom is 0.257 e. The van der Waals surface area contributed by atoms with Crippen LogP contribution in [0, 0.1) is 12.7 Å². The highest BCUT2D eigenvalue weighted by atomic mass is 79.9. The highest BCUT2D eigenvalue weighted by Crippen LogP contribution is 2.20. The van der Waals surface area contributed by atoms with Gasteiger partial charge in [-0.15, -0.1) is 0 Å². The number of furan rings is 1. The highest BCUT2D eigenvalue weighted by Gasteiger charge is 2.19. The van der Waals surface area contributed by atoms with E-state index in [9.17, 15) is 9.18 Å². The average Bonchev–Trinajstić information content (AvgIpc) is 2.78. The fraction of sp³-hybridized carbons (Fsp3) is 0.214. The molecule has 106 valence electrons. The van der Waals surface area contributed by atoms with Gasteiger partial charge in [-0.3, -0.25) is 4.79 Å². The molecule has 1 aromatic heterocycles. The molecule has 2 N–H and O–H groups in total. The summed E-state index contributed by atoms with van der Waals surface area (Å²) in [5, 5.41) is 0. The zero-order chi connectivity index (χ0) is 14.9. The number of carbonyl (C=O) groups excluding carboxylic acids is 1. The van der Waals surface area contributed by atoms with Crippen molar-refractivity contribution in [1.29, 1.82) is 0 Å². The lowest BCUT2D eigenvalue weighted by Gasteiger charge is -2.17. The zero-order valence-corrected chi connectivity index (χ0v) is 12.7. The van der Waals surface area contributed by atoms with Crippen molar-refractivity contribution < 1.29 is 13.6 Å². The maximum atomic E-state index is 14.0. The van der Waals surface area contributed by atoms with Crippen LogP contribution in [-0.2, 0) is 6.54 Å². The van der Waals surface area contributed by atoms with Crippen LogP contribution in [0.15, 0.2) is 33.4 Å². The van der Waals surface area contributed by atoms with Crippen LogP contribution in [0.4, 0.5) is 10.1 Å². The van der Waals surface area contributed by atoms with Gasteiger partial charge in [-0.05, 0) is 52.7 Å². The van der Waals surface area contributed by atoms with Crippen LogP contribution in [0.3, 0.4) is 0 Å². The van der Waals surface area contributed by atoms with E-state index in [1.165, 1.54) is 17.0 Å². The standard InChI is InChI=1S/C14H14BrFN2O2/c1-8-5-9(17)6-11(13(8)16)14(19)18(2)7-10-3-4-12(15)20-10/h3-6H,7,17H2,1-2H3. The number of hydrogen-bond donors (Lipinski definition) is 1. The van der Waals surface area contributed by atoms with Crippen molar-refractivity contribution in [2.75, 3.05) is 12.8 Å². The van der Waals surface area contributed by atoms with E-state index in [1.807, 2.05) is 0 Å². The Bertz CT molecular complexity index is 655. The number of rotatable bonds is 3. The molecule has 0 spiro atoms. The Morgan fingerprint density at radius 1 is 1.45 bits per heavy atom. The first-order chi connectivity index (χ1) is 9.38. The van der Waals surface area contributed by atoms with Gasteiger partial charge in [-0.25, -0.2) is 4.39 Å². The van der Waals surface area contributed by atoms with Gasteiger partial charge in [-0.2, -0.15) is 0 Å². The van der Waals surface area contributed by atoms with E-state index in [2.05, 4.69) is 15.9 Å². The van der Waals surface area contributed by atoms with Crippen molar-refractivity contribution in [3.05, 3.63) is 51.6 Å². The summed E-state index contributed by atoms with van der Waals surface area (Å²) in [5.41, 5.74) is 6.34. The second-order valence-corrected chi connectivity index (χ2v) is 5.35. The van der Waals surface area contributed by atoms with Gasteiger partial charge in [0.2, 0.25) is 0 Å². The van der Waals surface area contributed by atoms with Gasteiger partial charge in [0, 0.05) is 12.7 Å². The van der Waals surface area contributed by atoms with Crippen molar-refractivity contribution in [3.63, 3.8) is 0 Å². The third kappa shape index (κ3) is 3.01. The largest absolute Gasteiger partial charge is 0.452 e. The zero-order valence-electron chi connectivity index (χ0n) is 11.1. The molecular weight excluding hydrogens is 327 g/mol. The molecule has 0 radical (unpaired) electrons. The maximum absolute atomic E-state index is 14.0. The molecule has 0 saturated carbocycles.